The number of carbonyl (C=O) groups is 2. The molecule has 0 aliphatic carbocycles. The van der Waals surface area contributed by atoms with E-state index in [2.05, 4.69) is 20.4 Å². The summed E-state index contributed by atoms with van der Waals surface area (Å²) >= 11 is 0.962. The molecular weight excluding hydrogens is 430 g/mol. The first-order valence-electron chi connectivity index (χ1n) is 9.16. The second-order valence-electron chi connectivity index (χ2n) is 6.12. The second kappa shape index (κ2) is 10.0. The van der Waals surface area contributed by atoms with Crippen LogP contribution in [0.4, 0.5) is 13.6 Å². The van der Waals surface area contributed by atoms with E-state index < -0.39 is 18.5 Å². The van der Waals surface area contributed by atoms with E-state index in [0.717, 1.165) is 11.8 Å². The third-order valence-electron chi connectivity index (χ3n) is 3.99. The van der Waals surface area contributed by atoms with Crippen molar-refractivity contribution in [2.45, 2.75) is 18.7 Å². The third-order valence-corrected chi connectivity index (χ3v) is 4.93. The van der Waals surface area contributed by atoms with Gasteiger partial charge in [0.05, 0.1) is 22.3 Å². The Morgan fingerprint density at radius 2 is 1.87 bits per heavy atom. The lowest BCUT2D eigenvalue weighted by atomic mass is 10.2. The summed E-state index contributed by atoms with van der Waals surface area (Å²) in [5, 5.41) is 5.18. The molecule has 0 aliphatic rings. The fourth-order valence-electron chi connectivity index (χ4n) is 2.71. The number of benzene rings is 2. The van der Waals surface area contributed by atoms with Gasteiger partial charge < -0.3 is 10.1 Å². The van der Waals surface area contributed by atoms with Crippen LogP contribution in [0.25, 0.3) is 16.6 Å². The summed E-state index contributed by atoms with van der Waals surface area (Å²) in [5.74, 6) is -0.796. The number of aromatic nitrogens is 2. The summed E-state index contributed by atoms with van der Waals surface area (Å²) in [6.07, 6.45) is 0. The van der Waals surface area contributed by atoms with Gasteiger partial charge in [-0.15, -0.1) is 0 Å². The number of nitrogens with one attached hydrogen (secondary N) is 2. The number of amides is 3. The van der Waals surface area contributed by atoms with E-state index in [0.29, 0.717) is 23.1 Å². The van der Waals surface area contributed by atoms with Gasteiger partial charge in [0.25, 0.3) is 5.56 Å². The SMILES string of the molecule is CCNC(=O)NC(=O)CSc1nc2ccccc2c(=O)n1-c1ccc(OC(F)F)cc1. The first-order valence-corrected chi connectivity index (χ1v) is 10.1. The maximum Gasteiger partial charge on any atom is 0.387 e. The maximum atomic E-state index is 13.1. The average molecular weight is 448 g/mol. The van der Waals surface area contributed by atoms with E-state index in [4.69, 9.17) is 0 Å². The van der Waals surface area contributed by atoms with Crippen molar-refractivity contribution >= 4 is 34.6 Å². The van der Waals surface area contributed by atoms with Crippen LogP contribution in [0.1, 0.15) is 6.92 Å². The molecule has 0 atom stereocenters. The van der Waals surface area contributed by atoms with Gasteiger partial charge in [0.1, 0.15) is 5.75 Å². The molecule has 0 radical (unpaired) electrons. The van der Waals surface area contributed by atoms with Gasteiger partial charge in [-0.1, -0.05) is 23.9 Å². The number of thioether (sulfide) groups is 1. The smallest absolute Gasteiger partial charge is 0.387 e. The molecule has 11 heteroatoms. The Bertz CT molecular complexity index is 1150. The zero-order valence-corrected chi connectivity index (χ0v) is 17.1. The Labute approximate surface area is 179 Å². The van der Waals surface area contributed by atoms with Gasteiger partial charge in [-0.25, -0.2) is 9.78 Å². The van der Waals surface area contributed by atoms with Crippen LogP contribution in [0.5, 0.6) is 5.75 Å². The molecule has 31 heavy (non-hydrogen) atoms. The molecule has 2 N–H and O–H groups in total. The number of rotatable bonds is 7. The average Bonchev–Trinajstić information content (AvgIpc) is 2.73. The number of ether oxygens (including phenoxy) is 1. The van der Waals surface area contributed by atoms with Crippen LogP contribution < -0.4 is 20.9 Å². The minimum Gasteiger partial charge on any atom is -0.435 e. The van der Waals surface area contributed by atoms with Gasteiger partial charge >= 0.3 is 12.6 Å². The Hall–Kier alpha value is -3.47. The predicted molar refractivity (Wildman–Crippen MR) is 112 cm³/mol. The van der Waals surface area contributed by atoms with E-state index in [1.807, 2.05) is 0 Å². The number of urea groups is 1. The number of hydrogen-bond donors (Lipinski definition) is 2. The number of alkyl halides is 2. The number of nitrogens with zero attached hydrogens (tertiary/aromatic N) is 2. The van der Waals surface area contributed by atoms with E-state index in [1.54, 1.807) is 31.2 Å². The Morgan fingerprint density at radius 3 is 2.55 bits per heavy atom. The molecular formula is C20H18F2N4O4S. The maximum absolute atomic E-state index is 13.1. The lowest BCUT2D eigenvalue weighted by Crippen LogP contribution is -2.40. The van der Waals surface area contributed by atoms with E-state index in [1.165, 1.54) is 28.8 Å². The van der Waals surface area contributed by atoms with Crippen molar-refractivity contribution in [1.29, 1.82) is 0 Å². The van der Waals surface area contributed by atoms with Gasteiger partial charge in [0, 0.05) is 6.54 Å². The zero-order valence-electron chi connectivity index (χ0n) is 16.3. The number of carbonyl (C=O) groups excluding carboxylic acids is 2. The number of fused-ring (bicyclic) bond motifs is 1. The molecule has 0 fully saturated rings. The highest BCUT2D eigenvalue weighted by atomic mass is 32.2. The molecule has 0 saturated carbocycles. The second-order valence-corrected chi connectivity index (χ2v) is 7.06. The lowest BCUT2D eigenvalue weighted by molar-refractivity contribution is -0.117. The van der Waals surface area contributed by atoms with E-state index in [9.17, 15) is 23.2 Å². The van der Waals surface area contributed by atoms with Crippen LogP contribution in [-0.2, 0) is 4.79 Å². The fraction of sp³-hybridized carbons (Fsp3) is 0.200. The monoisotopic (exact) mass is 448 g/mol. The van der Waals surface area contributed by atoms with Gasteiger partial charge in [-0.2, -0.15) is 8.78 Å². The Kier molecular flexibility index (Phi) is 7.19. The summed E-state index contributed by atoms with van der Waals surface area (Å²) in [4.78, 5) is 41.1. The molecule has 3 amide bonds. The molecule has 8 nitrogen and oxygen atoms in total. The van der Waals surface area contributed by atoms with Crippen molar-refractivity contribution in [2.75, 3.05) is 12.3 Å². The molecule has 162 valence electrons. The van der Waals surface area contributed by atoms with Crippen LogP contribution in [-0.4, -0.2) is 40.4 Å². The minimum atomic E-state index is -2.97. The van der Waals surface area contributed by atoms with Crippen LogP contribution in [0, 0.1) is 0 Å². The summed E-state index contributed by atoms with van der Waals surface area (Å²) in [6, 6.07) is 11.6. The van der Waals surface area contributed by atoms with Crippen molar-refractivity contribution in [1.82, 2.24) is 20.2 Å². The molecule has 0 spiro atoms. The first-order chi connectivity index (χ1) is 14.9. The highest BCUT2D eigenvalue weighted by Gasteiger charge is 2.16. The number of imide groups is 1. The van der Waals surface area contributed by atoms with Crippen LogP contribution in [0.3, 0.4) is 0 Å². The highest BCUT2D eigenvalue weighted by molar-refractivity contribution is 7.99. The first kappa shape index (κ1) is 22.2. The van der Waals surface area contributed by atoms with Crippen molar-refractivity contribution in [3.05, 3.63) is 58.9 Å². The van der Waals surface area contributed by atoms with Gasteiger partial charge in [-0.05, 0) is 43.3 Å². The topological polar surface area (TPSA) is 102 Å². The quantitative estimate of drug-likeness (QED) is 0.426. The summed E-state index contributed by atoms with van der Waals surface area (Å²) < 4.78 is 30.4. The normalized spacial score (nSPS) is 10.8. The third kappa shape index (κ3) is 5.57. The largest absolute Gasteiger partial charge is 0.435 e. The molecule has 0 aliphatic heterocycles. The minimum absolute atomic E-state index is 0.0592. The molecule has 3 rings (SSSR count). The molecule has 0 bridgehead atoms. The standard InChI is InChI=1S/C20H18F2N4O4S/c1-2-23-19(29)25-16(27)11-31-20-24-15-6-4-3-5-14(15)17(28)26(20)12-7-9-13(10-8-12)30-18(21)22/h3-10,18H,2,11H2,1H3,(H2,23,25,27,29). The number of halogens is 2. The van der Waals surface area contributed by atoms with Crippen molar-refractivity contribution in [2.24, 2.45) is 0 Å². The molecule has 2 aromatic carbocycles. The lowest BCUT2D eigenvalue weighted by Gasteiger charge is -2.14. The van der Waals surface area contributed by atoms with Crippen LogP contribution in [0.2, 0.25) is 0 Å². The zero-order chi connectivity index (χ0) is 22.4. The molecule has 1 heterocycles. The van der Waals surface area contributed by atoms with Crippen molar-refractivity contribution in [3.63, 3.8) is 0 Å². The molecule has 0 unspecified atom stereocenters. The Morgan fingerprint density at radius 1 is 1.16 bits per heavy atom. The highest BCUT2D eigenvalue weighted by Crippen LogP contribution is 2.23. The Balaban J connectivity index is 1.95. The van der Waals surface area contributed by atoms with E-state index >= 15 is 0 Å². The summed E-state index contributed by atoms with van der Waals surface area (Å²) in [5.41, 5.74) is 0.407. The number of hydrogen-bond acceptors (Lipinski definition) is 6. The molecule has 1 aromatic heterocycles. The van der Waals surface area contributed by atoms with Gasteiger partial charge in [0.2, 0.25) is 5.91 Å². The summed E-state index contributed by atoms with van der Waals surface area (Å²) in [6.45, 7) is -0.886. The van der Waals surface area contributed by atoms with Gasteiger partial charge in [-0.3, -0.25) is 19.5 Å². The number of para-hydroxylation sites is 1. The predicted octanol–water partition coefficient (Wildman–Crippen LogP) is 2.92. The molecule has 0 saturated heterocycles. The van der Waals surface area contributed by atoms with Crippen LogP contribution >= 0.6 is 11.8 Å². The summed E-state index contributed by atoms with van der Waals surface area (Å²) in [7, 11) is 0. The fourth-order valence-corrected chi connectivity index (χ4v) is 3.52. The van der Waals surface area contributed by atoms with Crippen molar-refractivity contribution < 1.29 is 23.1 Å². The van der Waals surface area contributed by atoms with Gasteiger partial charge in [0.15, 0.2) is 5.16 Å². The molecule has 3 aromatic rings. The van der Waals surface area contributed by atoms with E-state index in [-0.39, 0.29) is 22.2 Å². The van der Waals surface area contributed by atoms with Crippen molar-refractivity contribution in [3.8, 4) is 11.4 Å². The van der Waals surface area contributed by atoms with Crippen LogP contribution in [0.15, 0.2) is 58.5 Å².